The van der Waals surface area contributed by atoms with Gasteiger partial charge < -0.3 is 4.43 Å². The molecule has 0 amide bonds. The molecule has 0 spiro atoms. The molecule has 0 bridgehead atoms. The first kappa shape index (κ1) is 18.6. The fourth-order valence-corrected chi connectivity index (χ4v) is 6.50. The Kier molecular flexibility index (Phi) is 5.37. The molecular formula is C25H25NOSi. The molecule has 0 atom stereocenters. The van der Waals surface area contributed by atoms with Gasteiger partial charge in [-0.25, -0.2) is 0 Å². The second-order valence-corrected chi connectivity index (χ2v) is 11.7. The molecule has 0 saturated heterocycles. The number of pyridine rings is 1. The molecule has 0 aliphatic carbocycles. The Morgan fingerprint density at radius 3 is 1.93 bits per heavy atom. The van der Waals surface area contributed by atoms with Gasteiger partial charge in [0.1, 0.15) is 0 Å². The lowest BCUT2D eigenvalue weighted by Gasteiger charge is -2.33. The van der Waals surface area contributed by atoms with E-state index >= 15 is 0 Å². The molecule has 0 aliphatic rings. The molecule has 0 unspecified atom stereocenters. The molecule has 0 aliphatic heterocycles. The first-order valence-electron chi connectivity index (χ1n) is 9.72. The van der Waals surface area contributed by atoms with Crippen LogP contribution >= 0.6 is 0 Å². The molecule has 1 heterocycles. The third-order valence-electron chi connectivity index (χ3n) is 5.21. The van der Waals surface area contributed by atoms with Crippen molar-refractivity contribution in [3.05, 3.63) is 114 Å². The largest absolute Gasteiger partial charge is 0.411 e. The van der Waals surface area contributed by atoms with E-state index in [1.165, 1.54) is 11.1 Å². The van der Waals surface area contributed by atoms with Gasteiger partial charge in [0.15, 0.2) is 8.32 Å². The number of nitrogens with zero attached hydrogens (tertiary/aromatic N) is 1. The number of hydrogen-bond donors (Lipinski definition) is 0. The normalized spacial score (nSPS) is 11.8. The van der Waals surface area contributed by atoms with Crippen LogP contribution < -0.4 is 0 Å². The average Bonchev–Trinajstić information content (AvgIpc) is 2.74. The van der Waals surface area contributed by atoms with Gasteiger partial charge in [-0.2, -0.15) is 0 Å². The Labute approximate surface area is 168 Å². The van der Waals surface area contributed by atoms with Crippen LogP contribution in [0, 0.1) is 0 Å². The zero-order valence-electron chi connectivity index (χ0n) is 16.4. The predicted molar refractivity (Wildman–Crippen MR) is 119 cm³/mol. The van der Waals surface area contributed by atoms with Crippen molar-refractivity contribution in [3.63, 3.8) is 0 Å². The summed E-state index contributed by atoms with van der Waals surface area (Å²) in [5.74, 6) is 0. The van der Waals surface area contributed by atoms with Crippen LogP contribution in [0.15, 0.2) is 97.1 Å². The standard InChI is InChI=1S/C25H25NOSi/c1-28(2,27-19-23-18-17-20-11-9-10-16-24(20)26-23)25(21-12-5-3-6-13-21)22-14-7-4-8-15-22/h3-18,25H,19H2,1-2H3. The molecule has 0 N–H and O–H groups in total. The van der Waals surface area contributed by atoms with Crippen molar-refractivity contribution >= 4 is 19.2 Å². The van der Waals surface area contributed by atoms with Crippen molar-refractivity contribution < 1.29 is 4.43 Å². The second-order valence-electron chi connectivity index (χ2n) is 7.64. The summed E-state index contributed by atoms with van der Waals surface area (Å²) >= 11 is 0. The zero-order chi connectivity index (χ0) is 19.4. The summed E-state index contributed by atoms with van der Waals surface area (Å²) in [6.07, 6.45) is 0. The van der Waals surface area contributed by atoms with E-state index in [-0.39, 0.29) is 5.54 Å². The summed E-state index contributed by atoms with van der Waals surface area (Å²) in [4.78, 5) is 4.78. The Balaban J connectivity index is 1.61. The third kappa shape index (κ3) is 4.06. The molecule has 3 heteroatoms. The van der Waals surface area contributed by atoms with Gasteiger partial charge in [-0.3, -0.25) is 4.98 Å². The van der Waals surface area contributed by atoms with Gasteiger partial charge in [0.05, 0.1) is 17.8 Å². The molecule has 4 rings (SSSR count). The molecule has 28 heavy (non-hydrogen) atoms. The van der Waals surface area contributed by atoms with Crippen molar-refractivity contribution in [2.24, 2.45) is 0 Å². The lowest BCUT2D eigenvalue weighted by molar-refractivity contribution is 0.286. The fraction of sp³-hybridized carbons (Fsp3) is 0.160. The summed E-state index contributed by atoms with van der Waals surface area (Å²) in [6.45, 7) is 5.15. The molecule has 1 aromatic heterocycles. The van der Waals surface area contributed by atoms with Crippen molar-refractivity contribution in [1.29, 1.82) is 0 Å². The number of rotatable bonds is 6. The van der Waals surface area contributed by atoms with E-state index in [0.29, 0.717) is 6.61 Å². The fourth-order valence-electron chi connectivity index (χ4n) is 3.82. The highest BCUT2D eigenvalue weighted by molar-refractivity contribution is 6.73. The lowest BCUT2D eigenvalue weighted by Crippen LogP contribution is -2.39. The molecule has 4 aromatic rings. The first-order chi connectivity index (χ1) is 13.6. The van der Waals surface area contributed by atoms with Gasteiger partial charge in [-0.1, -0.05) is 84.9 Å². The highest BCUT2D eigenvalue weighted by Gasteiger charge is 2.36. The molecule has 0 saturated carbocycles. The van der Waals surface area contributed by atoms with Crippen LogP contribution in [0.25, 0.3) is 10.9 Å². The smallest absolute Gasteiger partial charge is 0.199 e. The number of aromatic nitrogens is 1. The van der Waals surface area contributed by atoms with E-state index in [9.17, 15) is 0 Å². The highest BCUT2D eigenvalue weighted by atomic mass is 28.4. The summed E-state index contributed by atoms with van der Waals surface area (Å²) in [6, 6.07) is 33.9. The van der Waals surface area contributed by atoms with E-state index in [2.05, 4.69) is 98.0 Å². The number of para-hydroxylation sites is 1. The van der Waals surface area contributed by atoms with Crippen LogP contribution in [0.3, 0.4) is 0 Å². The molecule has 2 nitrogen and oxygen atoms in total. The Morgan fingerprint density at radius 1 is 0.714 bits per heavy atom. The minimum atomic E-state index is -2.10. The minimum Gasteiger partial charge on any atom is -0.411 e. The van der Waals surface area contributed by atoms with E-state index in [4.69, 9.17) is 9.41 Å². The summed E-state index contributed by atoms with van der Waals surface area (Å²) in [5.41, 5.74) is 4.91. The predicted octanol–water partition coefficient (Wildman–Crippen LogP) is 6.33. The van der Waals surface area contributed by atoms with E-state index in [1.54, 1.807) is 0 Å². The van der Waals surface area contributed by atoms with Crippen molar-refractivity contribution in [2.45, 2.75) is 25.2 Å². The number of fused-ring (bicyclic) bond motifs is 1. The van der Waals surface area contributed by atoms with E-state index in [0.717, 1.165) is 16.6 Å². The quantitative estimate of drug-likeness (QED) is 0.363. The Bertz CT molecular complexity index is 1010. The van der Waals surface area contributed by atoms with Gasteiger partial charge in [0, 0.05) is 10.9 Å². The van der Waals surface area contributed by atoms with Crippen LogP contribution in [-0.2, 0) is 11.0 Å². The average molecular weight is 384 g/mol. The van der Waals surface area contributed by atoms with E-state index < -0.39 is 8.32 Å². The van der Waals surface area contributed by atoms with Crippen LogP contribution in [0.4, 0.5) is 0 Å². The summed E-state index contributed by atoms with van der Waals surface area (Å²) in [7, 11) is -2.10. The van der Waals surface area contributed by atoms with Crippen LogP contribution in [0.2, 0.25) is 13.1 Å². The zero-order valence-corrected chi connectivity index (χ0v) is 17.4. The van der Waals surface area contributed by atoms with Crippen molar-refractivity contribution in [2.75, 3.05) is 0 Å². The summed E-state index contributed by atoms with van der Waals surface area (Å²) < 4.78 is 6.61. The SMILES string of the molecule is C[Si](C)(OCc1ccc2ccccc2n1)C(c1ccccc1)c1ccccc1. The summed E-state index contributed by atoms with van der Waals surface area (Å²) in [5, 5.41) is 1.16. The Hall–Kier alpha value is -2.75. The molecular weight excluding hydrogens is 358 g/mol. The van der Waals surface area contributed by atoms with Crippen LogP contribution in [0.1, 0.15) is 22.4 Å². The Morgan fingerprint density at radius 2 is 1.29 bits per heavy atom. The van der Waals surface area contributed by atoms with Gasteiger partial charge >= 0.3 is 0 Å². The maximum absolute atomic E-state index is 6.61. The van der Waals surface area contributed by atoms with Crippen molar-refractivity contribution in [3.8, 4) is 0 Å². The maximum Gasteiger partial charge on any atom is 0.199 e. The first-order valence-corrected chi connectivity index (χ1v) is 12.7. The highest BCUT2D eigenvalue weighted by Crippen LogP contribution is 2.35. The second kappa shape index (κ2) is 8.09. The lowest BCUT2D eigenvalue weighted by atomic mass is 10.0. The monoisotopic (exact) mass is 383 g/mol. The van der Waals surface area contributed by atoms with Gasteiger partial charge in [0.25, 0.3) is 0 Å². The maximum atomic E-state index is 6.61. The minimum absolute atomic E-state index is 0.273. The molecule has 0 radical (unpaired) electrons. The van der Waals surface area contributed by atoms with Gasteiger partial charge in [-0.15, -0.1) is 0 Å². The number of hydrogen-bond acceptors (Lipinski definition) is 2. The third-order valence-corrected chi connectivity index (χ3v) is 8.15. The topological polar surface area (TPSA) is 22.1 Å². The molecule has 0 fully saturated rings. The van der Waals surface area contributed by atoms with Crippen LogP contribution in [0.5, 0.6) is 0 Å². The van der Waals surface area contributed by atoms with Crippen LogP contribution in [-0.4, -0.2) is 13.3 Å². The van der Waals surface area contributed by atoms with Crippen molar-refractivity contribution in [1.82, 2.24) is 4.98 Å². The molecule has 3 aromatic carbocycles. The van der Waals surface area contributed by atoms with Gasteiger partial charge in [0.2, 0.25) is 0 Å². The molecule has 140 valence electrons. The number of benzene rings is 3. The van der Waals surface area contributed by atoms with Gasteiger partial charge in [-0.05, 0) is 36.4 Å². The van der Waals surface area contributed by atoms with E-state index in [1.807, 2.05) is 12.1 Å².